The number of nitrogens with one attached hydrogen (secondary N) is 1. The molecular formula is C11H14FN3O2. The minimum atomic E-state index is -0.658. The second kappa shape index (κ2) is 5.83. The van der Waals surface area contributed by atoms with Gasteiger partial charge in [-0.2, -0.15) is 0 Å². The molecule has 0 aliphatic rings. The Morgan fingerprint density at radius 3 is 2.88 bits per heavy atom. The fourth-order valence-corrected chi connectivity index (χ4v) is 1.38. The smallest absolute Gasteiger partial charge is 0.224 e. The van der Waals surface area contributed by atoms with Crippen molar-refractivity contribution in [2.75, 3.05) is 5.32 Å². The van der Waals surface area contributed by atoms with Crippen LogP contribution in [0.5, 0.6) is 0 Å². The van der Waals surface area contributed by atoms with Gasteiger partial charge in [0, 0.05) is 6.42 Å². The van der Waals surface area contributed by atoms with Crippen LogP contribution >= 0.6 is 0 Å². The number of hydrogen-bond acceptors (Lipinski definition) is 3. The van der Waals surface area contributed by atoms with Gasteiger partial charge in [0.05, 0.1) is 11.3 Å². The quantitative estimate of drug-likeness (QED) is 0.323. The Morgan fingerprint density at radius 1 is 1.59 bits per heavy atom. The molecule has 0 heterocycles. The highest BCUT2D eigenvalue weighted by molar-refractivity contribution is 6.05. The summed E-state index contributed by atoms with van der Waals surface area (Å²) in [6.45, 7) is 1.86. The number of rotatable bonds is 4. The van der Waals surface area contributed by atoms with Gasteiger partial charge >= 0.3 is 0 Å². The number of carbonyl (C=O) groups is 1. The molecule has 1 amide bonds. The maximum atomic E-state index is 13.5. The van der Waals surface area contributed by atoms with Crippen molar-refractivity contribution < 1.29 is 14.4 Å². The summed E-state index contributed by atoms with van der Waals surface area (Å²) < 4.78 is 13.5. The molecule has 0 aliphatic carbocycles. The maximum Gasteiger partial charge on any atom is 0.224 e. The molecule has 17 heavy (non-hydrogen) atoms. The van der Waals surface area contributed by atoms with Crippen LogP contribution in [-0.4, -0.2) is 17.0 Å². The molecule has 0 saturated heterocycles. The van der Waals surface area contributed by atoms with E-state index < -0.39 is 5.82 Å². The number of amidine groups is 1. The Hall–Kier alpha value is -2.11. The third kappa shape index (κ3) is 3.17. The molecule has 4 N–H and O–H groups in total. The molecule has 0 aliphatic heterocycles. The van der Waals surface area contributed by atoms with E-state index in [0.29, 0.717) is 12.8 Å². The highest BCUT2D eigenvalue weighted by Crippen LogP contribution is 2.19. The number of nitrogens with two attached hydrogens (primary N) is 1. The highest BCUT2D eigenvalue weighted by atomic mass is 19.1. The van der Waals surface area contributed by atoms with Crippen molar-refractivity contribution >= 4 is 17.4 Å². The molecule has 0 atom stereocenters. The van der Waals surface area contributed by atoms with Crippen LogP contribution in [0.3, 0.4) is 0 Å². The van der Waals surface area contributed by atoms with Gasteiger partial charge in [-0.15, -0.1) is 0 Å². The van der Waals surface area contributed by atoms with Crippen LogP contribution in [-0.2, 0) is 4.79 Å². The molecule has 0 fully saturated rings. The minimum Gasteiger partial charge on any atom is -0.409 e. The topological polar surface area (TPSA) is 87.7 Å². The van der Waals surface area contributed by atoms with Crippen molar-refractivity contribution in [3.8, 4) is 0 Å². The first-order chi connectivity index (χ1) is 8.10. The predicted octanol–water partition coefficient (Wildman–Crippen LogP) is 1.66. The number of carbonyl (C=O) groups excluding carboxylic acids is 1. The lowest BCUT2D eigenvalue weighted by Gasteiger charge is -2.10. The lowest BCUT2D eigenvalue weighted by molar-refractivity contribution is -0.116. The van der Waals surface area contributed by atoms with Crippen molar-refractivity contribution in [3.63, 3.8) is 0 Å². The molecule has 0 aromatic heterocycles. The van der Waals surface area contributed by atoms with Crippen molar-refractivity contribution in [1.82, 2.24) is 0 Å². The summed E-state index contributed by atoms with van der Waals surface area (Å²) in [6.07, 6.45) is 1.01. The Balaban J connectivity index is 3.07. The Morgan fingerprint density at radius 2 is 2.29 bits per heavy atom. The Kier molecular flexibility index (Phi) is 4.45. The maximum absolute atomic E-state index is 13.5. The fourth-order valence-electron chi connectivity index (χ4n) is 1.38. The van der Waals surface area contributed by atoms with E-state index in [4.69, 9.17) is 10.9 Å². The Bertz CT molecular complexity index is 446. The summed E-state index contributed by atoms with van der Waals surface area (Å²) in [4.78, 5) is 11.4. The lowest BCUT2D eigenvalue weighted by Crippen LogP contribution is -2.20. The van der Waals surface area contributed by atoms with Crippen molar-refractivity contribution in [2.45, 2.75) is 19.8 Å². The van der Waals surface area contributed by atoms with Crippen molar-refractivity contribution in [1.29, 1.82) is 0 Å². The second-order valence-electron chi connectivity index (χ2n) is 3.45. The first-order valence-electron chi connectivity index (χ1n) is 5.16. The fraction of sp³-hybridized carbons (Fsp3) is 0.273. The van der Waals surface area contributed by atoms with Crippen LogP contribution in [0.25, 0.3) is 0 Å². The van der Waals surface area contributed by atoms with Crippen LogP contribution in [0.2, 0.25) is 0 Å². The summed E-state index contributed by atoms with van der Waals surface area (Å²) in [6, 6.07) is 4.10. The number of benzene rings is 1. The molecule has 0 radical (unpaired) electrons. The second-order valence-corrected chi connectivity index (χ2v) is 3.45. The zero-order valence-corrected chi connectivity index (χ0v) is 9.40. The van der Waals surface area contributed by atoms with E-state index in [0.717, 1.165) is 0 Å². The molecule has 0 bridgehead atoms. The van der Waals surface area contributed by atoms with Crippen LogP contribution < -0.4 is 11.1 Å². The van der Waals surface area contributed by atoms with Crippen LogP contribution in [0, 0.1) is 5.82 Å². The van der Waals surface area contributed by atoms with Gasteiger partial charge in [-0.05, 0) is 18.6 Å². The Labute approximate surface area is 98.1 Å². The average molecular weight is 239 g/mol. The third-order valence-electron chi connectivity index (χ3n) is 2.13. The van der Waals surface area contributed by atoms with Gasteiger partial charge < -0.3 is 16.3 Å². The average Bonchev–Trinajstić information content (AvgIpc) is 2.28. The van der Waals surface area contributed by atoms with Gasteiger partial charge in [0.2, 0.25) is 5.91 Å². The van der Waals surface area contributed by atoms with E-state index in [9.17, 15) is 9.18 Å². The van der Waals surface area contributed by atoms with E-state index in [1.807, 2.05) is 6.92 Å². The van der Waals surface area contributed by atoms with Gasteiger partial charge in [-0.1, -0.05) is 18.1 Å². The summed E-state index contributed by atoms with van der Waals surface area (Å²) in [5.74, 6) is -1.28. The van der Waals surface area contributed by atoms with E-state index in [1.54, 1.807) is 0 Å². The highest BCUT2D eigenvalue weighted by Gasteiger charge is 2.14. The largest absolute Gasteiger partial charge is 0.409 e. The van der Waals surface area contributed by atoms with E-state index >= 15 is 0 Å². The molecule has 6 heteroatoms. The first kappa shape index (κ1) is 13.0. The molecule has 0 unspecified atom stereocenters. The molecular weight excluding hydrogens is 225 g/mol. The first-order valence-corrected chi connectivity index (χ1v) is 5.16. The number of amides is 1. The van der Waals surface area contributed by atoms with Gasteiger partial charge in [0.15, 0.2) is 5.84 Å². The van der Waals surface area contributed by atoms with Crippen molar-refractivity contribution in [3.05, 3.63) is 29.6 Å². The molecule has 1 aromatic carbocycles. The zero-order valence-electron chi connectivity index (χ0n) is 9.40. The number of oxime groups is 1. The third-order valence-corrected chi connectivity index (χ3v) is 2.13. The molecule has 0 saturated carbocycles. The monoisotopic (exact) mass is 239 g/mol. The molecule has 0 spiro atoms. The summed E-state index contributed by atoms with van der Waals surface area (Å²) in [5, 5.41) is 13.8. The molecule has 1 aromatic rings. The van der Waals surface area contributed by atoms with E-state index in [2.05, 4.69) is 10.5 Å². The summed E-state index contributed by atoms with van der Waals surface area (Å²) in [5.41, 5.74) is 5.44. The van der Waals surface area contributed by atoms with Gasteiger partial charge in [0.25, 0.3) is 0 Å². The van der Waals surface area contributed by atoms with Gasteiger partial charge in [0.1, 0.15) is 5.82 Å². The normalized spacial score (nSPS) is 11.3. The number of nitrogens with zero attached hydrogens (tertiary/aromatic N) is 1. The van der Waals surface area contributed by atoms with E-state index in [1.165, 1.54) is 18.2 Å². The minimum absolute atomic E-state index is 0.112. The van der Waals surface area contributed by atoms with Gasteiger partial charge in [-0.3, -0.25) is 4.79 Å². The zero-order chi connectivity index (χ0) is 12.8. The number of halogens is 1. The van der Waals surface area contributed by atoms with Crippen LogP contribution in [0.4, 0.5) is 10.1 Å². The summed E-state index contributed by atoms with van der Waals surface area (Å²) in [7, 11) is 0. The molecule has 5 nitrogen and oxygen atoms in total. The lowest BCUT2D eigenvalue weighted by atomic mass is 10.1. The van der Waals surface area contributed by atoms with Crippen LogP contribution in [0.1, 0.15) is 25.3 Å². The van der Waals surface area contributed by atoms with E-state index in [-0.39, 0.29) is 23.0 Å². The summed E-state index contributed by atoms with van der Waals surface area (Å²) >= 11 is 0. The predicted molar refractivity (Wildman–Crippen MR) is 62.4 cm³/mol. The van der Waals surface area contributed by atoms with Gasteiger partial charge in [-0.25, -0.2) is 4.39 Å². The van der Waals surface area contributed by atoms with Crippen molar-refractivity contribution in [2.24, 2.45) is 10.9 Å². The molecule has 1 rings (SSSR count). The SMILES string of the molecule is CCCC(=O)Nc1cccc(F)c1/C(N)=N/O. The molecule has 92 valence electrons. The standard InChI is InChI=1S/C11H14FN3O2/c1-2-4-9(16)14-8-6-3-5-7(12)10(8)11(13)15-17/h3,5-6,17H,2,4H2,1H3,(H2,13,15)(H,14,16). The number of anilines is 1. The number of hydrogen-bond donors (Lipinski definition) is 3. The van der Waals surface area contributed by atoms with Crippen LogP contribution in [0.15, 0.2) is 23.4 Å².